The number of amides is 2. The molecule has 1 unspecified atom stereocenters. The maximum atomic E-state index is 14.1. The molecule has 218 valence electrons. The Labute approximate surface area is 245 Å². The summed E-state index contributed by atoms with van der Waals surface area (Å²) >= 11 is 1.65. The van der Waals surface area contributed by atoms with Gasteiger partial charge in [-0.25, -0.2) is 9.67 Å². The molecule has 1 saturated carbocycles. The number of carbonyl (C=O) groups excluding carboxylic acids is 2. The van der Waals surface area contributed by atoms with Crippen LogP contribution in [0.2, 0.25) is 0 Å². The van der Waals surface area contributed by atoms with Crippen LogP contribution in [0.15, 0.2) is 29.9 Å². The van der Waals surface area contributed by atoms with E-state index in [4.69, 9.17) is 0 Å². The van der Waals surface area contributed by atoms with E-state index in [9.17, 15) is 14.7 Å². The summed E-state index contributed by atoms with van der Waals surface area (Å²) in [4.78, 5) is 35.1. The molecule has 3 aliphatic rings. The van der Waals surface area contributed by atoms with E-state index < -0.39 is 23.6 Å². The second-order valence-electron chi connectivity index (χ2n) is 13.0. The van der Waals surface area contributed by atoms with Crippen molar-refractivity contribution < 1.29 is 14.7 Å². The van der Waals surface area contributed by atoms with Crippen molar-refractivity contribution in [2.75, 3.05) is 6.54 Å². The van der Waals surface area contributed by atoms with Gasteiger partial charge in [0, 0.05) is 25.1 Å². The maximum Gasteiger partial charge on any atom is 0.248 e. The number of hydrogen-bond donors (Lipinski definition) is 2. The van der Waals surface area contributed by atoms with E-state index in [0.717, 1.165) is 61.0 Å². The van der Waals surface area contributed by atoms with Crippen LogP contribution in [0.1, 0.15) is 99.8 Å². The van der Waals surface area contributed by atoms with Crippen LogP contribution in [0.4, 0.5) is 0 Å². The molecule has 0 bridgehead atoms. The van der Waals surface area contributed by atoms with E-state index in [2.05, 4.69) is 38.8 Å². The van der Waals surface area contributed by atoms with Crippen LogP contribution in [0.25, 0.3) is 10.4 Å². The standard InChI is InChI=1S/C31H40N6O3S/c1-18-27(41-17-32-18)21-11-12-23-20(13-21)7-5-6-8-24(23)33-29(39)26-14-22(38)15-36(26)30(40)28(31(2,3)4)37-16-25(34-35-37)19-9-10-19/h11-13,16-17,19,22,24,26,28,38H,5-10,14-15H2,1-4H3,(H,33,39)/t22-,24-,26?,28-/m1/s1. The topological polar surface area (TPSA) is 113 Å². The molecule has 2 aromatic heterocycles. The number of thiazole rings is 1. The summed E-state index contributed by atoms with van der Waals surface area (Å²) in [6.07, 6.45) is 7.44. The van der Waals surface area contributed by atoms with Crippen molar-refractivity contribution in [1.82, 2.24) is 30.2 Å². The highest BCUT2D eigenvalue weighted by Crippen LogP contribution is 2.41. The number of rotatable bonds is 6. The molecule has 4 atom stereocenters. The van der Waals surface area contributed by atoms with Crippen molar-refractivity contribution in [1.29, 1.82) is 0 Å². The zero-order valence-corrected chi connectivity index (χ0v) is 25.2. The Morgan fingerprint density at radius 2 is 1.98 bits per heavy atom. The summed E-state index contributed by atoms with van der Waals surface area (Å²) in [6, 6.07) is 5.01. The van der Waals surface area contributed by atoms with Gasteiger partial charge in [0.1, 0.15) is 12.1 Å². The third-order valence-electron chi connectivity index (χ3n) is 8.74. The summed E-state index contributed by atoms with van der Waals surface area (Å²) in [7, 11) is 0. The fraction of sp³-hybridized carbons (Fsp3) is 0.581. The highest BCUT2D eigenvalue weighted by molar-refractivity contribution is 7.13. The number of β-amino-alcohol motifs (C(OH)–C–C–N with tert-alkyl or cyclic N) is 1. The van der Waals surface area contributed by atoms with Crippen LogP contribution in [0, 0.1) is 12.3 Å². The number of carbonyl (C=O) groups is 2. The van der Waals surface area contributed by atoms with Crippen molar-refractivity contribution in [2.24, 2.45) is 5.41 Å². The summed E-state index contributed by atoms with van der Waals surface area (Å²) < 4.78 is 1.67. The normalized spacial score (nSPS) is 23.6. The van der Waals surface area contributed by atoms with Gasteiger partial charge >= 0.3 is 0 Å². The number of hydrogen-bond acceptors (Lipinski definition) is 7. The minimum absolute atomic E-state index is 0.131. The van der Waals surface area contributed by atoms with Crippen LogP contribution in [-0.4, -0.2) is 60.5 Å². The molecule has 2 N–H and O–H groups in total. The third kappa shape index (κ3) is 5.68. The Kier molecular flexibility index (Phi) is 7.48. The molecule has 1 saturated heterocycles. The Hall–Kier alpha value is -3.11. The second-order valence-corrected chi connectivity index (χ2v) is 13.9. The lowest BCUT2D eigenvalue weighted by atomic mass is 9.85. The third-order valence-corrected chi connectivity index (χ3v) is 9.72. The zero-order valence-electron chi connectivity index (χ0n) is 24.3. The Balaban J connectivity index is 1.23. The van der Waals surface area contributed by atoms with E-state index in [1.807, 2.05) is 39.4 Å². The predicted molar refractivity (Wildman–Crippen MR) is 157 cm³/mol. The first-order chi connectivity index (χ1) is 19.6. The minimum atomic E-state index is -0.750. The molecule has 0 radical (unpaired) electrons. The molecule has 3 aromatic rings. The highest BCUT2D eigenvalue weighted by Gasteiger charge is 2.46. The maximum absolute atomic E-state index is 14.1. The number of aryl methyl sites for hydroxylation is 2. The van der Waals surface area contributed by atoms with Crippen molar-refractivity contribution in [3.63, 3.8) is 0 Å². The van der Waals surface area contributed by atoms with Crippen molar-refractivity contribution in [3.8, 4) is 10.4 Å². The Morgan fingerprint density at radius 3 is 2.68 bits per heavy atom. The Bertz CT molecular complexity index is 1440. The molecule has 41 heavy (non-hydrogen) atoms. The molecular weight excluding hydrogens is 536 g/mol. The van der Waals surface area contributed by atoms with Crippen LogP contribution in [-0.2, 0) is 16.0 Å². The summed E-state index contributed by atoms with van der Waals surface area (Å²) in [5, 5.41) is 22.6. The smallest absolute Gasteiger partial charge is 0.248 e. The first-order valence-corrected chi connectivity index (χ1v) is 15.7. The number of likely N-dealkylation sites (tertiary alicyclic amines) is 1. The van der Waals surface area contributed by atoms with Gasteiger partial charge in [0.2, 0.25) is 11.8 Å². The minimum Gasteiger partial charge on any atom is -0.391 e. The largest absolute Gasteiger partial charge is 0.391 e. The fourth-order valence-corrected chi connectivity index (χ4v) is 7.25. The van der Waals surface area contributed by atoms with Gasteiger partial charge in [-0.2, -0.15) is 0 Å². The lowest BCUT2D eigenvalue weighted by Gasteiger charge is -2.35. The van der Waals surface area contributed by atoms with E-state index in [-0.39, 0.29) is 30.8 Å². The molecule has 1 aliphatic heterocycles. The lowest BCUT2D eigenvalue weighted by molar-refractivity contribution is -0.144. The van der Waals surface area contributed by atoms with Gasteiger partial charge in [-0.1, -0.05) is 44.5 Å². The van der Waals surface area contributed by atoms with E-state index in [1.165, 1.54) is 10.4 Å². The van der Waals surface area contributed by atoms with E-state index >= 15 is 0 Å². The number of fused-ring (bicyclic) bond motifs is 1. The number of aliphatic hydroxyl groups excluding tert-OH is 1. The summed E-state index contributed by atoms with van der Waals surface area (Å²) in [6.45, 7) is 8.16. The molecule has 3 heterocycles. The number of nitrogens with zero attached hydrogens (tertiary/aromatic N) is 5. The fourth-order valence-electron chi connectivity index (χ4n) is 6.45. The summed E-state index contributed by atoms with van der Waals surface area (Å²) in [5.41, 5.74) is 6.92. The molecule has 10 heteroatoms. The van der Waals surface area contributed by atoms with Crippen LogP contribution in [0.3, 0.4) is 0 Å². The van der Waals surface area contributed by atoms with Gasteiger partial charge in [0.15, 0.2) is 0 Å². The van der Waals surface area contributed by atoms with Gasteiger partial charge < -0.3 is 15.3 Å². The van der Waals surface area contributed by atoms with Gasteiger partial charge in [-0.05, 0) is 67.2 Å². The van der Waals surface area contributed by atoms with E-state index in [1.54, 1.807) is 20.9 Å². The first kappa shape index (κ1) is 28.0. The molecule has 0 spiro atoms. The zero-order chi connectivity index (χ0) is 28.9. The number of nitrogens with one attached hydrogen (secondary N) is 1. The molecule has 2 fully saturated rings. The second kappa shape index (κ2) is 10.9. The van der Waals surface area contributed by atoms with Crippen molar-refractivity contribution in [3.05, 3.63) is 52.4 Å². The Morgan fingerprint density at radius 1 is 1.17 bits per heavy atom. The molecule has 6 rings (SSSR count). The van der Waals surface area contributed by atoms with Crippen molar-refractivity contribution in [2.45, 2.75) is 103 Å². The van der Waals surface area contributed by atoms with Gasteiger partial charge in [0.05, 0.1) is 33.9 Å². The average molecular weight is 577 g/mol. The molecule has 2 aliphatic carbocycles. The van der Waals surface area contributed by atoms with Crippen LogP contribution < -0.4 is 5.32 Å². The van der Waals surface area contributed by atoms with Gasteiger partial charge in [0.25, 0.3) is 0 Å². The highest BCUT2D eigenvalue weighted by atomic mass is 32.1. The molecular formula is C31H40N6O3S. The number of aromatic nitrogens is 4. The monoisotopic (exact) mass is 576 g/mol. The lowest BCUT2D eigenvalue weighted by Crippen LogP contribution is -2.50. The van der Waals surface area contributed by atoms with Gasteiger partial charge in [-0.3, -0.25) is 9.59 Å². The van der Waals surface area contributed by atoms with Crippen LogP contribution >= 0.6 is 11.3 Å². The van der Waals surface area contributed by atoms with Gasteiger partial charge in [-0.15, -0.1) is 16.4 Å². The first-order valence-electron chi connectivity index (χ1n) is 14.8. The van der Waals surface area contributed by atoms with Crippen LogP contribution in [0.5, 0.6) is 0 Å². The van der Waals surface area contributed by atoms with E-state index in [0.29, 0.717) is 5.92 Å². The molecule has 9 nitrogen and oxygen atoms in total. The molecule has 2 amide bonds. The number of aliphatic hydroxyl groups is 1. The summed E-state index contributed by atoms with van der Waals surface area (Å²) in [5.74, 6) is 0.0171. The predicted octanol–water partition coefficient (Wildman–Crippen LogP) is 4.72. The van der Waals surface area contributed by atoms with Crippen molar-refractivity contribution >= 4 is 23.2 Å². The molecule has 1 aromatic carbocycles. The average Bonchev–Trinajstić information content (AvgIpc) is 3.37. The SMILES string of the molecule is Cc1ncsc1-c1ccc2c(c1)CCCC[C@H]2NC(=O)C1C[C@@H](O)CN1C(=O)[C@@H](n1cc(C2CC2)nn1)C(C)(C)C. The quantitative estimate of drug-likeness (QED) is 0.411. The number of benzene rings is 1.